The monoisotopic (exact) mass is 602 g/mol. The van der Waals surface area contributed by atoms with E-state index in [-0.39, 0.29) is 0 Å². The fourth-order valence-electron chi connectivity index (χ4n) is 6.24. The highest BCUT2D eigenvalue weighted by Crippen LogP contribution is 2.41. The van der Waals surface area contributed by atoms with Crippen molar-refractivity contribution in [3.63, 3.8) is 0 Å². The highest BCUT2D eigenvalue weighted by atomic mass is 16.3. The Kier molecular flexibility index (Phi) is 6.39. The molecule has 47 heavy (non-hydrogen) atoms. The molecule has 9 aromatic rings. The Morgan fingerprint density at radius 1 is 0.404 bits per heavy atom. The zero-order chi connectivity index (χ0) is 31.2. The van der Waals surface area contributed by atoms with Gasteiger partial charge in [0.25, 0.3) is 0 Å². The Morgan fingerprint density at radius 3 is 1.64 bits per heavy atom. The molecule has 0 atom stereocenters. The summed E-state index contributed by atoms with van der Waals surface area (Å²) in [5.41, 5.74) is 8.69. The van der Waals surface area contributed by atoms with E-state index in [0.29, 0.717) is 17.5 Å². The van der Waals surface area contributed by atoms with Crippen molar-refractivity contribution in [1.29, 1.82) is 0 Å². The Morgan fingerprint density at radius 2 is 0.957 bits per heavy atom. The first kappa shape index (κ1) is 26.9. The van der Waals surface area contributed by atoms with Gasteiger partial charge in [-0.05, 0) is 58.0 Å². The summed E-state index contributed by atoms with van der Waals surface area (Å²) in [6, 6.07) is 49.7. The van der Waals surface area contributed by atoms with E-state index in [4.69, 9.17) is 19.4 Å². The molecule has 220 valence electrons. The van der Waals surface area contributed by atoms with Crippen LogP contribution in [0.15, 0.2) is 162 Å². The van der Waals surface area contributed by atoms with Gasteiger partial charge >= 0.3 is 0 Å². The number of furan rings is 1. The minimum Gasteiger partial charge on any atom is -0.456 e. The Bertz CT molecular complexity index is 2540. The Hall–Kier alpha value is -6.46. The van der Waals surface area contributed by atoms with Crippen LogP contribution >= 0.6 is 0 Å². The van der Waals surface area contributed by atoms with Gasteiger partial charge < -0.3 is 4.42 Å². The number of hydrogen-bond donors (Lipinski definition) is 0. The van der Waals surface area contributed by atoms with E-state index in [9.17, 15) is 0 Å². The second-order valence-corrected chi connectivity index (χ2v) is 11.6. The van der Waals surface area contributed by atoms with Crippen LogP contribution in [0, 0.1) is 0 Å². The van der Waals surface area contributed by atoms with Gasteiger partial charge in [-0.2, -0.15) is 0 Å². The lowest BCUT2D eigenvalue weighted by molar-refractivity contribution is 0.669. The smallest absolute Gasteiger partial charge is 0.164 e. The van der Waals surface area contributed by atoms with Crippen molar-refractivity contribution in [1.82, 2.24) is 19.9 Å². The molecule has 5 heteroatoms. The van der Waals surface area contributed by atoms with Gasteiger partial charge in [0.1, 0.15) is 11.2 Å². The molecule has 0 aliphatic heterocycles. The van der Waals surface area contributed by atoms with Crippen molar-refractivity contribution in [2.24, 2.45) is 0 Å². The molecular formula is C42H26N4O. The molecule has 0 saturated heterocycles. The highest BCUT2D eigenvalue weighted by Gasteiger charge is 2.20. The second kappa shape index (κ2) is 11.2. The van der Waals surface area contributed by atoms with E-state index in [1.165, 1.54) is 0 Å². The summed E-state index contributed by atoms with van der Waals surface area (Å²) < 4.78 is 6.57. The maximum atomic E-state index is 6.57. The van der Waals surface area contributed by atoms with Gasteiger partial charge in [0, 0.05) is 45.2 Å². The molecule has 0 bridgehead atoms. The summed E-state index contributed by atoms with van der Waals surface area (Å²) in [5, 5.41) is 4.09. The van der Waals surface area contributed by atoms with Crippen LogP contribution in [0.3, 0.4) is 0 Å². The third-order valence-electron chi connectivity index (χ3n) is 8.60. The number of hydrogen-bond acceptors (Lipinski definition) is 5. The van der Waals surface area contributed by atoms with Crippen LogP contribution in [0.2, 0.25) is 0 Å². The van der Waals surface area contributed by atoms with Crippen molar-refractivity contribution in [3.05, 3.63) is 158 Å². The lowest BCUT2D eigenvalue weighted by Crippen LogP contribution is -2.00. The van der Waals surface area contributed by atoms with Gasteiger partial charge in [0.15, 0.2) is 17.5 Å². The lowest BCUT2D eigenvalue weighted by atomic mass is 9.97. The molecule has 0 fully saturated rings. The molecule has 0 aliphatic carbocycles. The molecule has 3 heterocycles. The largest absolute Gasteiger partial charge is 0.456 e. The van der Waals surface area contributed by atoms with Crippen LogP contribution in [0.25, 0.3) is 89.1 Å². The Balaban J connectivity index is 1.31. The summed E-state index contributed by atoms with van der Waals surface area (Å²) >= 11 is 0. The van der Waals surface area contributed by atoms with Crippen molar-refractivity contribution < 1.29 is 4.42 Å². The van der Waals surface area contributed by atoms with Gasteiger partial charge in [0.2, 0.25) is 0 Å². The molecule has 3 aromatic heterocycles. The standard InChI is InChI=1S/C42H26N4O/c1-4-10-27(11-5-1)29-16-18-31(19-17-29)41-44-40(30-14-8-3-9-15-30)45-42(46-41)36-23-33(28-12-6-2-7-13-28)24-38-39(36)35-22-32-20-21-43-26-34(32)25-37(35)47-38/h1-26H. The zero-order valence-electron chi connectivity index (χ0n) is 25.2. The first-order valence-corrected chi connectivity index (χ1v) is 15.5. The van der Waals surface area contributed by atoms with E-state index in [0.717, 1.165) is 71.7 Å². The van der Waals surface area contributed by atoms with Gasteiger partial charge in [-0.3, -0.25) is 4.98 Å². The van der Waals surface area contributed by atoms with Crippen LogP contribution in [-0.4, -0.2) is 19.9 Å². The first-order chi connectivity index (χ1) is 23.3. The fourth-order valence-corrected chi connectivity index (χ4v) is 6.24. The summed E-state index contributed by atoms with van der Waals surface area (Å²) in [4.78, 5) is 19.6. The molecule has 0 N–H and O–H groups in total. The zero-order valence-corrected chi connectivity index (χ0v) is 25.2. The summed E-state index contributed by atoms with van der Waals surface area (Å²) in [6.07, 6.45) is 3.68. The van der Waals surface area contributed by atoms with E-state index < -0.39 is 0 Å². The van der Waals surface area contributed by atoms with Crippen molar-refractivity contribution in [2.75, 3.05) is 0 Å². The molecule has 6 aromatic carbocycles. The van der Waals surface area contributed by atoms with Gasteiger partial charge in [-0.15, -0.1) is 0 Å². The summed E-state index contributed by atoms with van der Waals surface area (Å²) in [6.45, 7) is 0. The molecule has 0 radical (unpaired) electrons. The van der Waals surface area contributed by atoms with Gasteiger partial charge in [-0.1, -0.05) is 115 Å². The maximum absolute atomic E-state index is 6.57. The molecule has 0 spiro atoms. The average Bonchev–Trinajstić information content (AvgIpc) is 3.51. The van der Waals surface area contributed by atoms with Gasteiger partial charge in [0.05, 0.1) is 0 Å². The van der Waals surface area contributed by atoms with Crippen molar-refractivity contribution in [3.8, 4) is 56.4 Å². The SMILES string of the molecule is c1ccc(-c2ccc(-c3nc(-c4ccccc4)nc(-c4cc(-c5ccccc5)cc5oc6cc7cnccc7cc6c45)n3)cc2)cc1. The molecule has 9 rings (SSSR count). The minimum absolute atomic E-state index is 0.585. The van der Waals surface area contributed by atoms with E-state index in [1.807, 2.05) is 73.1 Å². The number of pyridine rings is 1. The second-order valence-electron chi connectivity index (χ2n) is 11.6. The van der Waals surface area contributed by atoms with Crippen LogP contribution in [0.1, 0.15) is 0 Å². The molecule has 0 unspecified atom stereocenters. The van der Waals surface area contributed by atoms with E-state index in [2.05, 4.69) is 89.9 Å². The van der Waals surface area contributed by atoms with Crippen LogP contribution in [0.5, 0.6) is 0 Å². The third kappa shape index (κ3) is 4.91. The number of benzene rings is 6. The number of aromatic nitrogens is 4. The summed E-state index contributed by atoms with van der Waals surface area (Å²) in [5.74, 6) is 1.80. The maximum Gasteiger partial charge on any atom is 0.164 e. The van der Waals surface area contributed by atoms with Crippen LogP contribution < -0.4 is 0 Å². The van der Waals surface area contributed by atoms with E-state index >= 15 is 0 Å². The molecular weight excluding hydrogens is 576 g/mol. The quantitative estimate of drug-likeness (QED) is 0.196. The average molecular weight is 603 g/mol. The molecule has 0 saturated carbocycles. The summed E-state index contributed by atoms with van der Waals surface area (Å²) in [7, 11) is 0. The predicted molar refractivity (Wildman–Crippen MR) is 190 cm³/mol. The third-order valence-corrected chi connectivity index (χ3v) is 8.60. The molecule has 0 amide bonds. The van der Waals surface area contributed by atoms with Crippen LogP contribution in [-0.2, 0) is 0 Å². The number of rotatable bonds is 5. The molecule has 0 aliphatic rings. The molecule has 5 nitrogen and oxygen atoms in total. The van der Waals surface area contributed by atoms with Crippen molar-refractivity contribution in [2.45, 2.75) is 0 Å². The number of nitrogens with zero attached hydrogens (tertiary/aromatic N) is 4. The van der Waals surface area contributed by atoms with E-state index in [1.54, 1.807) is 0 Å². The van der Waals surface area contributed by atoms with Crippen LogP contribution in [0.4, 0.5) is 0 Å². The topological polar surface area (TPSA) is 64.7 Å². The van der Waals surface area contributed by atoms with Gasteiger partial charge in [-0.25, -0.2) is 15.0 Å². The minimum atomic E-state index is 0.585. The fraction of sp³-hybridized carbons (Fsp3) is 0. The normalized spacial score (nSPS) is 11.4. The highest BCUT2D eigenvalue weighted by molar-refractivity contribution is 6.16. The Labute approximate surface area is 270 Å². The van der Waals surface area contributed by atoms with Crippen molar-refractivity contribution >= 4 is 32.7 Å². The first-order valence-electron chi connectivity index (χ1n) is 15.5. The number of fused-ring (bicyclic) bond motifs is 4. The lowest BCUT2D eigenvalue weighted by Gasteiger charge is -2.11. The predicted octanol–water partition coefficient (Wildman–Crippen LogP) is 10.7.